The van der Waals surface area contributed by atoms with E-state index in [-0.39, 0.29) is 16.4 Å². The van der Waals surface area contributed by atoms with Crippen molar-refractivity contribution in [3.8, 4) is 0 Å². The molecule has 0 aromatic heterocycles. The van der Waals surface area contributed by atoms with Gasteiger partial charge in [0.25, 0.3) is 0 Å². The highest BCUT2D eigenvalue weighted by Crippen LogP contribution is 2.76. The number of carbonyl (C=O) groups excluding carboxylic acids is 1. The molecule has 150 valence electrons. The lowest BCUT2D eigenvalue weighted by Gasteiger charge is -2.74. The number of carbonyl (C=O) groups is 1. The molecule has 3 saturated carbocycles. The molecule has 3 aliphatic carbocycles. The molecule has 1 aromatic rings. The number of hydrogen-bond donors (Lipinski definition) is 0. The lowest BCUT2D eigenvalue weighted by atomic mass is 9.32. The number of benzene rings is 1. The summed E-state index contributed by atoms with van der Waals surface area (Å²) in [5, 5.41) is 0.243. The predicted octanol–water partition coefficient (Wildman–Crippen LogP) is 6.00. The Morgan fingerprint density at radius 3 is 2.33 bits per heavy atom. The molecule has 0 N–H and O–H groups in total. The number of esters is 1. The molecule has 1 atom stereocenters. The van der Waals surface area contributed by atoms with Gasteiger partial charge in [-0.15, -0.1) is 0 Å². The van der Waals surface area contributed by atoms with Gasteiger partial charge in [-0.3, -0.25) is 0 Å². The summed E-state index contributed by atoms with van der Waals surface area (Å²) in [5.41, 5.74) is 3.89. The van der Waals surface area contributed by atoms with Crippen molar-refractivity contribution in [2.75, 3.05) is 6.61 Å². The fourth-order valence-corrected chi connectivity index (χ4v) is 6.35. The third-order valence-electron chi connectivity index (χ3n) is 7.53. The van der Waals surface area contributed by atoms with Crippen molar-refractivity contribution in [3.63, 3.8) is 0 Å². The number of hydrogen-bond acceptors (Lipinski definition) is 3. The van der Waals surface area contributed by atoms with E-state index in [1.54, 1.807) is 0 Å². The topological polar surface area (TPSA) is 35.5 Å². The standard InChI is InChI=1S/C23H36O3Si/c1-9-25-20(24)18-11-10-16(2)19(12-18)23-13-22(14-23,15-23)17(3)26-27(7,8)21(4,5)6/h10-12,17H,9,13-15H2,1-8H3. The van der Waals surface area contributed by atoms with Gasteiger partial charge in [0.1, 0.15) is 0 Å². The molecule has 0 spiro atoms. The van der Waals surface area contributed by atoms with Crippen LogP contribution in [-0.2, 0) is 14.6 Å². The fourth-order valence-electron chi connectivity index (χ4n) is 4.86. The Morgan fingerprint density at radius 2 is 1.81 bits per heavy atom. The first kappa shape index (κ1) is 20.6. The van der Waals surface area contributed by atoms with E-state index in [9.17, 15) is 4.79 Å². The Kier molecular flexibility index (Phi) is 4.92. The summed E-state index contributed by atoms with van der Waals surface area (Å²) in [7, 11) is -1.74. The molecule has 27 heavy (non-hydrogen) atoms. The molecule has 1 aromatic carbocycles. The van der Waals surface area contributed by atoms with Crippen molar-refractivity contribution in [1.82, 2.24) is 0 Å². The Labute approximate surface area is 166 Å². The zero-order valence-corrected chi connectivity index (χ0v) is 19.4. The van der Waals surface area contributed by atoms with Crippen molar-refractivity contribution in [2.24, 2.45) is 5.41 Å². The molecule has 0 radical (unpaired) electrons. The summed E-state index contributed by atoms with van der Waals surface area (Å²) in [6, 6.07) is 6.04. The van der Waals surface area contributed by atoms with Crippen LogP contribution in [0.25, 0.3) is 0 Å². The van der Waals surface area contributed by atoms with Crippen LogP contribution >= 0.6 is 0 Å². The van der Waals surface area contributed by atoms with Gasteiger partial charge in [0, 0.05) is 6.10 Å². The normalized spacial score (nSPS) is 28.1. The largest absolute Gasteiger partial charge is 0.462 e. The van der Waals surface area contributed by atoms with Crippen molar-refractivity contribution in [2.45, 2.75) is 90.5 Å². The molecular weight excluding hydrogens is 352 g/mol. The summed E-state index contributed by atoms with van der Waals surface area (Å²) < 4.78 is 11.9. The number of rotatable bonds is 6. The summed E-state index contributed by atoms with van der Waals surface area (Å²) in [6.45, 7) is 18.3. The summed E-state index contributed by atoms with van der Waals surface area (Å²) in [4.78, 5) is 12.1. The van der Waals surface area contributed by atoms with E-state index < -0.39 is 8.32 Å². The highest BCUT2D eigenvalue weighted by atomic mass is 28.4. The first-order chi connectivity index (χ1) is 12.4. The van der Waals surface area contributed by atoms with Crippen molar-refractivity contribution in [3.05, 3.63) is 34.9 Å². The predicted molar refractivity (Wildman–Crippen MR) is 113 cm³/mol. The minimum atomic E-state index is -1.74. The monoisotopic (exact) mass is 388 g/mol. The second-order valence-corrected chi connectivity index (χ2v) is 15.2. The molecule has 3 aliphatic rings. The lowest BCUT2D eigenvalue weighted by molar-refractivity contribution is -0.197. The van der Waals surface area contributed by atoms with Gasteiger partial charge < -0.3 is 9.16 Å². The number of ether oxygens (including phenoxy) is 1. The van der Waals surface area contributed by atoms with Crippen LogP contribution in [0.2, 0.25) is 18.1 Å². The second kappa shape index (κ2) is 6.45. The first-order valence-corrected chi connectivity index (χ1v) is 13.2. The van der Waals surface area contributed by atoms with Gasteiger partial charge >= 0.3 is 5.97 Å². The zero-order valence-electron chi connectivity index (χ0n) is 18.4. The third kappa shape index (κ3) is 3.29. The zero-order chi connectivity index (χ0) is 20.3. The van der Waals surface area contributed by atoms with E-state index >= 15 is 0 Å². The van der Waals surface area contributed by atoms with Gasteiger partial charge in [-0.25, -0.2) is 4.79 Å². The Bertz CT molecular complexity index is 725. The van der Waals surface area contributed by atoms with Crippen molar-refractivity contribution < 1.29 is 14.0 Å². The highest BCUT2D eigenvalue weighted by Gasteiger charge is 2.71. The third-order valence-corrected chi connectivity index (χ3v) is 12.1. The van der Waals surface area contributed by atoms with Crippen LogP contribution in [0.5, 0.6) is 0 Å². The van der Waals surface area contributed by atoms with Gasteiger partial charge in [0.15, 0.2) is 8.32 Å². The van der Waals surface area contributed by atoms with Crippen LogP contribution < -0.4 is 0 Å². The van der Waals surface area contributed by atoms with E-state index in [2.05, 4.69) is 59.8 Å². The highest BCUT2D eigenvalue weighted by molar-refractivity contribution is 6.74. The van der Waals surface area contributed by atoms with Gasteiger partial charge in [-0.05, 0) is 92.3 Å². The van der Waals surface area contributed by atoms with Crippen molar-refractivity contribution in [1.29, 1.82) is 0 Å². The maximum Gasteiger partial charge on any atom is 0.338 e. The molecule has 1 unspecified atom stereocenters. The Morgan fingerprint density at radius 1 is 1.22 bits per heavy atom. The van der Waals surface area contributed by atoms with E-state index in [0.29, 0.717) is 23.7 Å². The molecule has 3 nitrogen and oxygen atoms in total. The quantitative estimate of drug-likeness (QED) is 0.442. The van der Waals surface area contributed by atoms with Crippen molar-refractivity contribution >= 4 is 14.3 Å². The number of aryl methyl sites for hydroxylation is 1. The molecule has 0 heterocycles. The smallest absolute Gasteiger partial charge is 0.338 e. The van der Waals surface area contributed by atoms with Crippen LogP contribution in [0, 0.1) is 12.3 Å². The van der Waals surface area contributed by atoms with Crippen LogP contribution in [0.3, 0.4) is 0 Å². The summed E-state index contributed by atoms with van der Waals surface area (Å²) in [6.07, 6.45) is 3.86. The summed E-state index contributed by atoms with van der Waals surface area (Å²) in [5.74, 6) is -0.213. The van der Waals surface area contributed by atoms with Crippen LogP contribution in [0.1, 0.15) is 75.4 Å². The SMILES string of the molecule is CCOC(=O)c1ccc(C)c(C23CC(C(C)O[Si](C)(C)C(C)(C)C)(C2)C3)c1. The molecule has 3 fully saturated rings. The van der Waals surface area contributed by atoms with Crippen LogP contribution in [0.15, 0.2) is 18.2 Å². The maximum atomic E-state index is 12.1. The maximum absolute atomic E-state index is 12.1. The van der Waals surface area contributed by atoms with Crippen LogP contribution in [0.4, 0.5) is 0 Å². The molecule has 2 bridgehead atoms. The van der Waals surface area contributed by atoms with E-state index in [4.69, 9.17) is 9.16 Å². The molecule has 0 saturated heterocycles. The molecular formula is C23H36O3Si. The van der Waals surface area contributed by atoms with Gasteiger partial charge in [0.05, 0.1) is 12.2 Å². The fraction of sp³-hybridized carbons (Fsp3) is 0.696. The van der Waals surface area contributed by atoms with E-state index in [1.807, 2.05) is 13.0 Å². The van der Waals surface area contributed by atoms with Gasteiger partial charge in [0.2, 0.25) is 0 Å². The summed E-state index contributed by atoms with van der Waals surface area (Å²) >= 11 is 0. The van der Waals surface area contributed by atoms with E-state index in [1.165, 1.54) is 30.4 Å². The van der Waals surface area contributed by atoms with Crippen LogP contribution in [-0.4, -0.2) is 27.0 Å². The first-order valence-electron chi connectivity index (χ1n) is 10.3. The lowest BCUT2D eigenvalue weighted by Crippen LogP contribution is -2.70. The molecule has 0 amide bonds. The van der Waals surface area contributed by atoms with Gasteiger partial charge in [-0.1, -0.05) is 26.8 Å². The average Bonchev–Trinajstić information content (AvgIpc) is 2.44. The molecule has 0 aliphatic heterocycles. The minimum Gasteiger partial charge on any atom is -0.462 e. The Hall–Kier alpha value is -1.13. The molecule has 4 rings (SSSR count). The Balaban J connectivity index is 1.72. The second-order valence-electron chi connectivity index (χ2n) is 10.4. The minimum absolute atomic E-state index is 0.213. The average molecular weight is 389 g/mol. The van der Waals surface area contributed by atoms with Gasteiger partial charge in [-0.2, -0.15) is 0 Å². The molecule has 4 heteroatoms. The van der Waals surface area contributed by atoms with E-state index in [0.717, 1.165) is 0 Å².